The lowest BCUT2D eigenvalue weighted by Crippen LogP contribution is -2.04. The fraction of sp³-hybridized carbons (Fsp3) is 0.133. The Morgan fingerprint density at radius 2 is 1.95 bits per heavy atom. The van der Waals surface area contributed by atoms with Crippen LogP contribution >= 0.6 is 15.9 Å². The smallest absolute Gasteiger partial charge is 0.166 e. The van der Waals surface area contributed by atoms with Gasteiger partial charge in [0.05, 0.1) is 10.0 Å². The Balaban J connectivity index is 2.08. The number of hydrogen-bond donors (Lipinski definition) is 1. The molecular weight excluding hydrogens is 309 g/mol. The van der Waals surface area contributed by atoms with Gasteiger partial charge < -0.3 is 5.73 Å². The largest absolute Gasteiger partial charge is 0.399 e. The van der Waals surface area contributed by atoms with E-state index in [1.807, 2.05) is 18.2 Å². The molecule has 0 aliphatic heterocycles. The van der Waals surface area contributed by atoms with Gasteiger partial charge in [-0.15, -0.1) is 0 Å². The minimum Gasteiger partial charge on any atom is -0.399 e. The number of ketones is 1. The highest BCUT2D eigenvalue weighted by molar-refractivity contribution is 9.10. The highest BCUT2D eigenvalue weighted by Gasteiger charge is 2.13. The molecule has 2 nitrogen and oxygen atoms in total. The highest BCUT2D eigenvalue weighted by Crippen LogP contribution is 2.20. The fourth-order valence-electron chi connectivity index (χ4n) is 1.86. The minimum atomic E-state index is -0.500. The highest BCUT2D eigenvalue weighted by atomic mass is 79.9. The fourth-order valence-corrected chi connectivity index (χ4v) is 2.23. The number of benzene rings is 2. The van der Waals surface area contributed by atoms with E-state index in [2.05, 4.69) is 15.9 Å². The van der Waals surface area contributed by atoms with Crippen molar-refractivity contribution in [2.75, 3.05) is 5.73 Å². The zero-order valence-electron chi connectivity index (χ0n) is 10.2. The molecule has 2 N–H and O–H groups in total. The van der Waals surface area contributed by atoms with Gasteiger partial charge >= 0.3 is 0 Å². The first-order valence-electron chi connectivity index (χ1n) is 5.89. The summed E-state index contributed by atoms with van der Waals surface area (Å²) in [6, 6.07) is 12.1. The summed E-state index contributed by atoms with van der Waals surface area (Å²) in [6.07, 6.45) is 0.812. The maximum absolute atomic E-state index is 13.8. The van der Waals surface area contributed by atoms with Crippen LogP contribution in [0.15, 0.2) is 46.9 Å². The molecule has 0 fully saturated rings. The van der Waals surface area contributed by atoms with Crippen molar-refractivity contribution in [3.8, 4) is 0 Å². The zero-order valence-corrected chi connectivity index (χ0v) is 11.8. The van der Waals surface area contributed by atoms with Crippen LogP contribution in [0.2, 0.25) is 0 Å². The van der Waals surface area contributed by atoms with Gasteiger partial charge in [-0.1, -0.05) is 18.2 Å². The topological polar surface area (TPSA) is 43.1 Å². The first kappa shape index (κ1) is 13.7. The molecule has 0 saturated carbocycles. The number of nitrogen functional groups attached to an aromatic ring is 1. The summed E-state index contributed by atoms with van der Waals surface area (Å²) in [7, 11) is 0. The minimum absolute atomic E-state index is 0.123. The van der Waals surface area contributed by atoms with Crippen molar-refractivity contribution in [2.45, 2.75) is 12.8 Å². The van der Waals surface area contributed by atoms with Crippen LogP contribution < -0.4 is 5.73 Å². The number of rotatable bonds is 4. The number of Topliss-reactive ketones (excluding diaryl/α,β-unsaturated/α-hetero) is 1. The van der Waals surface area contributed by atoms with E-state index >= 15 is 0 Å². The summed E-state index contributed by atoms with van der Waals surface area (Å²) in [4.78, 5) is 12.0. The van der Waals surface area contributed by atoms with E-state index in [-0.39, 0.29) is 17.8 Å². The molecule has 0 aliphatic carbocycles. The third kappa shape index (κ3) is 3.41. The predicted octanol–water partition coefficient (Wildman–Crippen LogP) is 3.99. The number of anilines is 1. The van der Waals surface area contributed by atoms with Gasteiger partial charge in [-0.2, -0.15) is 0 Å². The maximum atomic E-state index is 13.8. The third-order valence-electron chi connectivity index (χ3n) is 2.84. The first-order valence-corrected chi connectivity index (χ1v) is 6.69. The summed E-state index contributed by atoms with van der Waals surface area (Å²) in [6.45, 7) is 0. The summed E-state index contributed by atoms with van der Waals surface area (Å²) in [5.74, 6) is -0.707. The molecule has 98 valence electrons. The molecule has 4 heteroatoms. The molecule has 0 aromatic heterocycles. The Bertz CT molecular complexity index is 613. The molecule has 0 spiro atoms. The summed E-state index contributed by atoms with van der Waals surface area (Å²) < 4.78 is 14.1. The van der Waals surface area contributed by atoms with Gasteiger partial charge in [0.15, 0.2) is 5.78 Å². The molecule has 2 aromatic carbocycles. The van der Waals surface area contributed by atoms with Gasteiger partial charge in [0.1, 0.15) is 5.82 Å². The van der Waals surface area contributed by atoms with Crippen molar-refractivity contribution in [3.05, 3.63) is 63.9 Å². The summed E-state index contributed by atoms with van der Waals surface area (Å²) >= 11 is 3.08. The zero-order chi connectivity index (χ0) is 13.8. The maximum Gasteiger partial charge on any atom is 0.166 e. The normalized spacial score (nSPS) is 10.4. The molecule has 0 atom stereocenters. The second-order valence-corrected chi connectivity index (χ2v) is 5.12. The van der Waals surface area contributed by atoms with Gasteiger partial charge in [0, 0.05) is 12.1 Å². The van der Waals surface area contributed by atoms with Crippen molar-refractivity contribution in [1.82, 2.24) is 0 Å². The number of aryl methyl sites for hydroxylation is 1. The lowest BCUT2D eigenvalue weighted by molar-refractivity contribution is 0.0979. The SMILES string of the molecule is Nc1cccc(CCC(=O)c2cccc(Br)c2F)c1. The Morgan fingerprint density at radius 3 is 2.68 bits per heavy atom. The van der Waals surface area contributed by atoms with Crippen LogP contribution in [0.1, 0.15) is 22.3 Å². The Hall–Kier alpha value is -1.68. The molecule has 0 heterocycles. The van der Waals surface area contributed by atoms with Gasteiger partial charge in [-0.3, -0.25) is 4.79 Å². The number of halogens is 2. The Kier molecular flexibility index (Phi) is 4.32. The van der Waals surface area contributed by atoms with E-state index in [1.165, 1.54) is 6.07 Å². The van der Waals surface area contributed by atoms with Gasteiger partial charge in [0.2, 0.25) is 0 Å². The van der Waals surface area contributed by atoms with E-state index in [4.69, 9.17) is 5.73 Å². The van der Waals surface area contributed by atoms with Gasteiger partial charge in [-0.25, -0.2) is 4.39 Å². The lowest BCUT2D eigenvalue weighted by Gasteiger charge is -2.05. The number of hydrogen-bond acceptors (Lipinski definition) is 2. The molecule has 0 amide bonds. The molecule has 0 radical (unpaired) electrons. The first-order chi connectivity index (χ1) is 9.08. The van der Waals surface area contributed by atoms with Crippen molar-refractivity contribution in [1.29, 1.82) is 0 Å². The Labute approximate surface area is 119 Å². The van der Waals surface area contributed by atoms with Gasteiger partial charge in [-0.05, 0) is 52.2 Å². The van der Waals surface area contributed by atoms with Crippen molar-refractivity contribution in [3.63, 3.8) is 0 Å². The third-order valence-corrected chi connectivity index (χ3v) is 3.46. The molecule has 2 rings (SSSR count). The second kappa shape index (κ2) is 5.97. The van der Waals surface area contributed by atoms with E-state index < -0.39 is 5.82 Å². The van der Waals surface area contributed by atoms with E-state index in [1.54, 1.807) is 18.2 Å². The summed E-state index contributed by atoms with van der Waals surface area (Å²) in [5.41, 5.74) is 7.43. The van der Waals surface area contributed by atoms with Crippen LogP contribution in [-0.2, 0) is 6.42 Å². The van der Waals surface area contributed by atoms with Crippen LogP contribution in [0.25, 0.3) is 0 Å². The molecule has 0 unspecified atom stereocenters. The number of nitrogens with two attached hydrogens (primary N) is 1. The quantitative estimate of drug-likeness (QED) is 0.683. The van der Waals surface area contributed by atoms with Gasteiger partial charge in [0.25, 0.3) is 0 Å². The average molecular weight is 322 g/mol. The van der Waals surface area contributed by atoms with Crippen LogP contribution in [0.3, 0.4) is 0 Å². The average Bonchev–Trinajstić information content (AvgIpc) is 2.39. The number of carbonyl (C=O) groups is 1. The van der Waals surface area contributed by atoms with E-state index in [9.17, 15) is 9.18 Å². The Morgan fingerprint density at radius 1 is 1.21 bits per heavy atom. The van der Waals surface area contributed by atoms with Crippen LogP contribution in [-0.4, -0.2) is 5.78 Å². The standard InChI is InChI=1S/C15H13BrFNO/c16-13-6-2-5-12(15(13)17)14(19)8-7-10-3-1-4-11(18)9-10/h1-6,9H,7-8,18H2. The van der Waals surface area contributed by atoms with Crippen molar-refractivity contribution < 1.29 is 9.18 Å². The monoisotopic (exact) mass is 321 g/mol. The van der Waals surface area contributed by atoms with E-state index in [0.29, 0.717) is 16.6 Å². The number of carbonyl (C=O) groups excluding carboxylic acids is 1. The van der Waals surface area contributed by atoms with Crippen molar-refractivity contribution >= 4 is 27.4 Å². The van der Waals surface area contributed by atoms with Crippen LogP contribution in [0.4, 0.5) is 10.1 Å². The molecule has 2 aromatic rings. The van der Waals surface area contributed by atoms with E-state index in [0.717, 1.165) is 5.56 Å². The molecule has 0 saturated heterocycles. The molecule has 0 bridgehead atoms. The van der Waals surface area contributed by atoms with Crippen LogP contribution in [0, 0.1) is 5.82 Å². The van der Waals surface area contributed by atoms with Crippen molar-refractivity contribution in [2.24, 2.45) is 0 Å². The second-order valence-electron chi connectivity index (χ2n) is 4.27. The molecule has 0 aliphatic rings. The predicted molar refractivity (Wildman–Crippen MR) is 77.6 cm³/mol. The lowest BCUT2D eigenvalue weighted by atomic mass is 10.0. The molecular formula is C15H13BrFNO. The van der Waals surface area contributed by atoms with Crippen LogP contribution in [0.5, 0.6) is 0 Å². The summed E-state index contributed by atoms with van der Waals surface area (Å²) in [5, 5.41) is 0. The molecule has 19 heavy (non-hydrogen) atoms.